The number of rotatable bonds is 5. The molecule has 0 saturated heterocycles. The molecule has 0 N–H and O–H groups in total. The number of benzene rings is 2. The van der Waals surface area contributed by atoms with Crippen LogP contribution in [-0.4, -0.2) is 30.3 Å². The zero-order chi connectivity index (χ0) is 17.8. The van der Waals surface area contributed by atoms with Gasteiger partial charge in [-0.2, -0.15) is 0 Å². The number of anilines is 1. The molecule has 0 radical (unpaired) electrons. The first-order valence-corrected chi connectivity index (χ1v) is 7.92. The Balaban J connectivity index is 1.72. The first-order valence-electron chi connectivity index (χ1n) is 7.92. The van der Waals surface area contributed by atoms with E-state index in [9.17, 15) is 4.79 Å². The van der Waals surface area contributed by atoms with Gasteiger partial charge in [0, 0.05) is 25.3 Å². The van der Waals surface area contributed by atoms with Crippen molar-refractivity contribution in [1.29, 1.82) is 0 Å². The molecule has 0 spiro atoms. The number of carbonyl (C=O) groups is 1. The third-order valence-corrected chi connectivity index (χ3v) is 3.69. The molecule has 6 nitrogen and oxygen atoms in total. The van der Waals surface area contributed by atoms with Crippen molar-refractivity contribution in [3.8, 4) is 11.5 Å². The van der Waals surface area contributed by atoms with Gasteiger partial charge in [-0.05, 0) is 37.3 Å². The highest BCUT2D eigenvalue weighted by atomic mass is 16.6. The van der Waals surface area contributed by atoms with Crippen LogP contribution in [0.1, 0.15) is 29.3 Å². The van der Waals surface area contributed by atoms with Crippen LogP contribution in [0.15, 0.2) is 59.0 Å². The predicted octanol–water partition coefficient (Wildman–Crippen LogP) is 3.72. The van der Waals surface area contributed by atoms with Crippen molar-refractivity contribution in [2.45, 2.75) is 13.0 Å². The summed E-state index contributed by atoms with van der Waals surface area (Å²) in [5, 5.41) is 7.99. The van der Waals surface area contributed by atoms with Crippen LogP contribution in [0.2, 0.25) is 0 Å². The molecular formula is C19H19N3O3. The fraction of sp³-hybridized carbons (Fsp3) is 0.211. The van der Waals surface area contributed by atoms with E-state index in [0.29, 0.717) is 11.5 Å². The highest BCUT2D eigenvalue weighted by molar-refractivity contribution is 5.90. The van der Waals surface area contributed by atoms with Crippen molar-refractivity contribution in [1.82, 2.24) is 10.2 Å². The Morgan fingerprint density at radius 2 is 1.84 bits per heavy atom. The maximum absolute atomic E-state index is 12.3. The lowest BCUT2D eigenvalue weighted by Gasteiger charge is -2.14. The molecule has 0 aliphatic carbocycles. The largest absolute Gasteiger partial charge is 0.449 e. The average molecular weight is 337 g/mol. The Morgan fingerprint density at radius 1 is 1.08 bits per heavy atom. The zero-order valence-electron chi connectivity index (χ0n) is 14.3. The van der Waals surface area contributed by atoms with Gasteiger partial charge in [-0.3, -0.25) is 0 Å². The van der Waals surface area contributed by atoms with Gasteiger partial charge < -0.3 is 14.1 Å². The normalized spacial score (nSPS) is 11.8. The Hall–Kier alpha value is -3.15. The number of ether oxygens (including phenoxy) is 1. The molecule has 0 fully saturated rings. The fourth-order valence-corrected chi connectivity index (χ4v) is 2.29. The maximum Gasteiger partial charge on any atom is 0.338 e. The number of nitrogens with zero attached hydrogens (tertiary/aromatic N) is 3. The van der Waals surface area contributed by atoms with Crippen LogP contribution in [0.3, 0.4) is 0 Å². The van der Waals surface area contributed by atoms with Crippen LogP contribution in [0.4, 0.5) is 5.69 Å². The molecule has 3 rings (SSSR count). The zero-order valence-corrected chi connectivity index (χ0v) is 14.3. The van der Waals surface area contributed by atoms with E-state index in [2.05, 4.69) is 10.2 Å². The molecule has 25 heavy (non-hydrogen) atoms. The van der Waals surface area contributed by atoms with Gasteiger partial charge in [0.2, 0.25) is 5.89 Å². The number of hydrogen-bond donors (Lipinski definition) is 0. The van der Waals surface area contributed by atoms with Crippen LogP contribution < -0.4 is 4.90 Å². The first-order chi connectivity index (χ1) is 12.0. The molecule has 0 aliphatic heterocycles. The Kier molecular flexibility index (Phi) is 4.79. The van der Waals surface area contributed by atoms with E-state index >= 15 is 0 Å². The minimum absolute atomic E-state index is 0.260. The van der Waals surface area contributed by atoms with Crippen LogP contribution >= 0.6 is 0 Å². The van der Waals surface area contributed by atoms with Gasteiger partial charge in [0.15, 0.2) is 6.10 Å². The molecule has 0 unspecified atom stereocenters. The highest BCUT2D eigenvalue weighted by Gasteiger charge is 2.20. The third-order valence-electron chi connectivity index (χ3n) is 3.69. The van der Waals surface area contributed by atoms with E-state index in [-0.39, 0.29) is 5.89 Å². The molecule has 3 aromatic rings. The number of hydrogen-bond acceptors (Lipinski definition) is 6. The van der Waals surface area contributed by atoms with E-state index in [1.165, 1.54) is 0 Å². The lowest BCUT2D eigenvalue weighted by Crippen LogP contribution is -2.12. The molecule has 1 atom stereocenters. The summed E-state index contributed by atoms with van der Waals surface area (Å²) in [5.41, 5.74) is 2.21. The summed E-state index contributed by atoms with van der Waals surface area (Å²) in [6, 6.07) is 16.7. The van der Waals surface area contributed by atoms with Crippen molar-refractivity contribution >= 4 is 11.7 Å². The average Bonchev–Trinajstić information content (AvgIpc) is 3.13. The van der Waals surface area contributed by atoms with Crippen molar-refractivity contribution < 1.29 is 13.9 Å². The molecule has 1 heterocycles. The van der Waals surface area contributed by atoms with E-state index < -0.39 is 12.1 Å². The van der Waals surface area contributed by atoms with Gasteiger partial charge in [-0.15, -0.1) is 10.2 Å². The maximum atomic E-state index is 12.3. The Bertz CT molecular complexity index is 859. The van der Waals surface area contributed by atoms with E-state index in [4.69, 9.17) is 9.15 Å². The first kappa shape index (κ1) is 16.7. The predicted molar refractivity (Wildman–Crippen MR) is 94.3 cm³/mol. The topological polar surface area (TPSA) is 68.5 Å². The van der Waals surface area contributed by atoms with E-state index in [1.54, 1.807) is 19.1 Å². The number of esters is 1. The fourth-order valence-electron chi connectivity index (χ4n) is 2.29. The SMILES string of the molecule is C[C@H](OC(=O)c1cccc(N(C)C)c1)c1nnc(-c2ccccc2)o1. The summed E-state index contributed by atoms with van der Waals surface area (Å²) < 4.78 is 11.1. The second kappa shape index (κ2) is 7.17. The van der Waals surface area contributed by atoms with E-state index in [0.717, 1.165) is 11.3 Å². The summed E-state index contributed by atoms with van der Waals surface area (Å²) >= 11 is 0. The van der Waals surface area contributed by atoms with Crippen molar-refractivity contribution in [3.05, 3.63) is 66.1 Å². The minimum Gasteiger partial charge on any atom is -0.449 e. The molecule has 0 amide bonds. The standard InChI is InChI=1S/C19H19N3O3/c1-13(17-20-21-18(25-17)14-8-5-4-6-9-14)24-19(23)15-10-7-11-16(12-15)22(2)3/h4-13H,1-3H3/t13-/m0/s1. The lowest BCUT2D eigenvalue weighted by molar-refractivity contribution is 0.0280. The van der Waals surface area contributed by atoms with Gasteiger partial charge in [0.05, 0.1) is 5.56 Å². The minimum atomic E-state index is -0.638. The van der Waals surface area contributed by atoms with Gasteiger partial charge in [-0.25, -0.2) is 4.79 Å². The molecule has 0 bridgehead atoms. The van der Waals surface area contributed by atoms with E-state index in [1.807, 2.05) is 61.5 Å². The van der Waals surface area contributed by atoms with Crippen LogP contribution in [0, 0.1) is 0 Å². The number of aromatic nitrogens is 2. The quantitative estimate of drug-likeness (QED) is 0.661. The molecule has 2 aromatic carbocycles. The molecular weight excluding hydrogens is 318 g/mol. The van der Waals surface area contributed by atoms with Crippen LogP contribution in [0.25, 0.3) is 11.5 Å². The molecule has 128 valence electrons. The molecule has 1 aromatic heterocycles. The number of carbonyl (C=O) groups excluding carboxylic acids is 1. The molecule has 0 saturated carbocycles. The van der Waals surface area contributed by atoms with Crippen molar-refractivity contribution in [2.75, 3.05) is 19.0 Å². The van der Waals surface area contributed by atoms with Gasteiger partial charge in [0.25, 0.3) is 5.89 Å². The summed E-state index contributed by atoms with van der Waals surface area (Å²) in [5.74, 6) is 0.222. The second-order valence-electron chi connectivity index (χ2n) is 5.80. The summed E-state index contributed by atoms with van der Waals surface area (Å²) in [4.78, 5) is 14.3. The summed E-state index contributed by atoms with van der Waals surface area (Å²) in [6.07, 6.45) is -0.638. The Morgan fingerprint density at radius 3 is 2.56 bits per heavy atom. The van der Waals surface area contributed by atoms with Crippen molar-refractivity contribution in [3.63, 3.8) is 0 Å². The molecule has 6 heteroatoms. The molecule has 0 aliphatic rings. The lowest BCUT2D eigenvalue weighted by atomic mass is 10.2. The Labute approximate surface area is 146 Å². The van der Waals surface area contributed by atoms with Crippen LogP contribution in [-0.2, 0) is 4.74 Å². The van der Waals surface area contributed by atoms with Gasteiger partial charge in [-0.1, -0.05) is 24.3 Å². The third kappa shape index (κ3) is 3.85. The summed E-state index contributed by atoms with van der Waals surface area (Å²) in [7, 11) is 3.83. The monoisotopic (exact) mass is 337 g/mol. The van der Waals surface area contributed by atoms with Gasteiger partial charge in [0.1, 0.15) is 0 Å². The van der Waals surface area contributed by atoms with Crippen LogP contribution in [0.5, 0.6) is 0 Å². The smallest absolute Gasteiger partial charge is 0.338 e. The van der Waals surface area contributed by atoms with Gasteiger partial charge >= 0.3 is 5.97 Å². The summed E-state index contributed by atoms with van der Waals surface area (Å²) in [6.45, 7) is 1.70. The second-order valence-corrected chi connectivity index (χ2v) is 5.80. The van der Waals surface area contributed by atoms with Crippen molar-refractivity contribution in [2.24, 2.45) is 0 Å². The highest BCUT2D eigenvalue weighted by Crippen LogP contribution is 2.23.